The Morgan fingerprint density at radius 2 is 1.84 bits per heavy atom. The highest BCUT2D eigenvalue weighted by atomic mass is 35.5. The summed E-state index contributed by atoms with van der Waals surface area (Å²) < 4.78 is 0. The van der Waals surface area contributed by atoms with E-state index in [0.717, 1.165) is 47.0 Å². The number of unbranched alkanes of at least 4 members (excludes halogenated alkanes) is 3. The summed E-state index contributed by atoms with van der Waals surface area (Å²) in [7, 11) is 0. The number of nitrogens with one attached hydrogen (secondary N) is 2. The van der Waals surface area contributed by atoms with Crippen molar-refractivity contribution in [3.8, 4) is 0 Å². The normalized spacial score (nSPS) is 19.2. The summed E-state index contributed by atoms with van der Waals surface area (Å²) in [6.45, 7) is 0.509. The van der Waals surface area contributed by atoms with Crippen molar-refractivity contribution >= 4 is 51.8 Å². The minimum atomic E-state index is -0.611. The van der Waals surface area contributed by atoms with Gasteiger partial charge in [-0.15, -0.1) is 0 Å². The number of halogens is 2. The molecule has 0 aliphatic carbocycles. The van der Waals surface area contributed by atoms with Crippen molar-refractivity contribution in [1.29, 1.82) is 0 Å². The van der Waals surface area contributed by atoms with Gasteiger partial charge in [0.05, 0.1) is 22.6 Å². The maximum Gasteiger partial charge on any atom is 0.246 e. The van der Waals surface area contributed by atoms with Crippen LogP contribution in [0.3, 0.4) is 0 Å². The SMILES string of the molecule is O=C(CCCCCCN1CC(=O)N2[C@@H](c3ccc(Cl)c(Cl)c3)c3[nH]c4ccccc4c3C[C@H]2C1=O)NO. The molecule has 2 aliphatic rings. The molecule has 0 bridgehead atoms. The lowest BCUT2D eigenvalue weighted by Gasteiger charge is -2.47. The van der Waals surface area contributed by atoms with Crippen LogP contribution in [-0.4, -0.2) is 56.8 Å². The van der Waals surface area contributed by atoms with Gasteiger partial charge in [-0.25, -0.2) is 5.48 Å². The van der Waals surface area contributed by atoms with E-state index in [-0.39, 0.29) is 24.8 Å². The van der Waals surface area contributed by atoms with Crippen LogP contribution in [-0.2, 0) is 20.8 Å². The number of hydroxylamine groups is 1. The van der Waals surface area contributed by atoms with Gasteiger partial charge in [0.1, 0.15) is 6.04 Å². The quantitative estimate of drug-likeness (QED) is 0.219. The van der Waals surface area contributed by atoms with Crippen LogP contribution >= 0.6 is 23.2 Å². The number of para-hydroxylation sites is 1. The Bertz CT molecular complexity index is 1360. The molecule has 3 amide bonds. The Kier molecular flexibility index (Phi) is 7.42. The number of aromatic nitrogens is 1. The zero-order valence-corrected chi connectivity index (χ0v) is 21.7. The van der Waals surface area contributed by atoms with E-state index in [9.17, 15) is 14.4 Å². The van der Waals surface area contributed by atoms with E-state index in [0.29, 0.717) is 29.4 Å². The fourth-order valence-corrected chi connectivity index (χ4v) is 5.85. The predicted molar refractivity (Wildman–Crippen MR) is 141 cm³/mol. The average Bonchev–Trinajstić information content (AvgIpc) is 3.27. The molecule has 37 heavy (non-hydrogen) atoms. The van der Waals surface area contributed by atoms with E-state index < -0.39 is 18.0 Å². The molecule has 1 saturated heterocycles. The third-order valence-corrected chi connectivity index (χ3v) is 8.05. The summed E-state index contributed by atoms with van der Waals surface area (Å²) in [6.07, 6.45) is 3.72. The van der Waals surface area contributed by atoms with Crippen LogP contribution in [0.1, 0.15) is 55.0 Å². The maximum atomic E-state index is 13.7. The molecule has 2 atom stereocenters. The van der Waals surface area contributed by atoms with Crippen LogP contribution < -0.4 is 5.48 Å². The molecule has 0 unspecified atom stereocenters. The van der Waals surface area contributed by atoms with E-state index in [1.807, 2.05) is 30.3 Å². The predicted octanol–water partition coefficient (Wildman–Crippen LogP) is 4.62. The van der Waals surface area contributed by atoms with Crippen LogP contribution in [0.25, 0.3) is 10.9 Å². The number of amides is 3. The number of rotatable bonds is 8. The number of fused-ring (bicyclic) bond motifs is 4. The molecular formula is C27H28Cl2N4O4. The van der Waals surface area contributed by atoms with Crippen molar-refractivity contribution in [3.63, 3.8) is 0 Å². The van der Waals surface area contributed by atoms with Crippen molar-refractivity contribution in [1.82, 2.24) is 20.3 Å². The second-order valence-corrected chi connectivity index (χ2v) is 10.4. The zero-order valence-electron chi connectivity index (χ0n) is 20.2. The van der Waals surface area contributed by atoms with Gasteiger partial charge in [0.25, 0.3) is 0 Å². The van der Waals surface area contributed by atoms with Gasteiger partial charge in [-0.3, -0.25) is 19.6 Å². The van der Waals surface area contributed by atoms with Gasteiger partial charge in [0, 0.05) is 36.0 Å². The summed E-state index contributed by atoms with van der Waals surface area (Å²) in [5.74, 6) is -0.563. The topological polar surface area (TPSA) is 106 Å². The summed E-state index contributed by atoms with van der Waals surface area (Å²) in [6, 6.07) is 12.2. The molecular weight excluding hydrogens is 515 g/mol. The lowest BCUT2D eigenvalue weighted by molar-refractivity contribution is -0.158. The first-order chi connectivity index (χ1) is 17.9. The third-order valence-electron chi connectivity index (χ3n) is 7.31. The molecule has 2 aliphatic heterocycles. The molecule has 2 aromatic carbocycles. The van der Waals surface area contributed by atoms with Gasteiger partial charge in [-0.05, 0) is 42.2 Å². The first-order valence-corrected chi connectivity index (χ1v) is 13.2. The van der Waals surface area contributed by atoms with Crippen LogP contribution in [0.15, 0.2) is 42.5 Å². The number of hydrogen-bond donors (Lipinski definition) is 3. The molecule has 0 spiro atoms. The smallest absolute Gasteiger partial charge is 0.246 e. The van der Waals surface area contributed by atoms with Crippen molar-refractivity contribution in [2.75, 3.05) is 13.1 Å². The Labute approximate surface area is 224 Å². The average molecular weight is 543 g/mol. The molecule has 194 valence electrons. The largest absolute Gasteiger partial charge is 0.356 e. The molecule has 3 heterocycles. The summed E-state index contributed by atoms with van der Waals surface area (Å²) in [5, 5.41) is 10.5. The fraction of sp³-hybridized carbons (Fsp3) is 0.370. The van der Waals surface area contributed by atoms with E-state index in [4.69, 9.17) is 28.4 Å². The summed E-state index contributed by atoms with van der Waals surface area (Å²) in [5.41, 5.74) is 5.33. The molecule has 1 aromatic heterocycles. The Hall–Kier alpha value is -3.07. The number of carbonyl (C=O) groups is 3. The first kappa shape index (κ1) is 25.6. The van der Waals surface area contributed by atoms with Gasteiger partial charge in [0.2, 0.25) is 17.7 Å². The van der Waals surface area contributed by atoms with Crippen molar-refractivity contribution in [3.05, 3.63) is 69.3 Å². The molecule has 1 fully saturated rings. The molecule has 0 saturated carbocycles. The monoisotopic (exact) mass is 542 g/mol. The maximum absolute atomic E-state index is 13.7. The second kappa shape index (κ2) is 10.7. The van der Waals surface area contributed by atoms with Gasteiger partial charge in [0.15, 0.2) is 0 Å². The lowest BCUT2D eigenvalue weighted by Crippen LogP contribution is -2.63. The number of carbonyl (C=O) groups excluding carboxylic acids is 3. The highest BCUT2D eigenvalue weighted by Crippen LogP contribution is 2.43. The number of aromatic amines is 1. The van der Waals surface area contributed by atoms with E-state index in [1.54, 1.807) is 27.4 Å². The van der Waals surface area contributed by atoms with Gasteiger partial charge in [-0.2, -0.15) is 0 Å². The Morgan fingerprint density at radius 3 is 2.62 bits per heavy atom. The molecule has 3 N–H and O–H groups in total. The standard InChI is InChI=1S/C27H28Cl2N4O4/c28-19-11-10-16(13-20(19)29)26-25-18(17-7-4-5-8-21(17)30-25)14-22-27(36)32(15-24(35)33(22)26)12-6-2-1-3-9-23(34)31-37/h4-5,7-8,10-11,13,22,26,30,37H,1-3,6,9,12,14-15H2,(H,31,34)/t22-,26-/m0/s1. The second-order valence-electron chi connectivity index (χ2n) is 9.62. The highest BCUT2D eigenvalue weighted by Gasteiger charge is 2.48. The summed E-state index contributed by atoms with van der Waals surface area (Å²) in [4.78, 5) is 45.3. The van der Waals surface area contributed by atoms with Crippen LogP contribution in [0, 0.1) is 0 Å². The molecule has 3 aromatic rings. The van der Waals surface area contributed by atoms with Crippen molar-refractivity contribution in [2.24, 2.45) is 0 Å². The molecule has 0 radical (unpaired) electrons. The number of hydrogen-bond acceptors (Lipinski definition) is 4. The zero-order chi connectivity index (χ0) is 26.1. The highest BCUT2D eigenvalue weighted by molar-refractivity contribution is 6.42. The Morgan fingerprint density at radius 1 is 1.05 bits per heavy atom. The van der Waals surface area contributed by atoms with Crippen LogP contribution in [0.2, 0.25) is 10.0 Å². The van der Waals surface area contributed by atoms with Gasteiger partial charge < -0.3 is 14.8 Å². The lowest BCUT2D eigenvalue weighted by atomic mass is 9.86. The minimum absolute atomic E-state index is 0.0234. The number of piperazine rings is 1. The molecule has 5 rings (SSSR count). The van der Waals surface area contributed by atoms with Crippen molar-refractivity contribution < 1.29 is 19.6 Å². The molecule has 10 heteroatoms. The van der Waals surface area contributed by atoms with Crippen molar-refractivity contribution in [2.45, 2.75) is 50.6 Å². The van der Waals surface area contributed by atoms with E-state index >= 15 is 0 Å². The number of benzene rings is 2. The number of H-pyrrole nitrogens is 1. The van der Waals surface area contributed by atoms with E-state index in [1.165, 1.54) is 0 Å². The fourth-order valence-electron chi connectivity index (χ4n) is 5.54. The van der Waals surface area contributed by atoms with Crippen LogP contribution in [0.4, 0.5) is 0 Å². The Balaban J connectivity index is 1.41. The first-order valence-electron chi connectivity index (χ1n) is 12.5. The van der Waals surface area contributed by atoms with Gasteiger partial charge in [-0.1, -0.05) is 60.3 Å². The van der Waals surface area contributed by atoms with Crippen LogP contribution in [0.5, 0.6) is 0 Å². The summed E-state index contributed by atoms with van der Waals surface area (Å²) >= 11 is 12.5. The van der Waals surface area contributed by atoms with Gasteiger partial charge >= 0.3 is 0 Å². The third kappa shape index (κ3) is 4.93. The minimum Gasteiger partial charge on any atom is -0.356 e. The van der Waals surface area contributed by atoms with E-state index in [2.05, 4.69) is 4.98 Å². The number of nitrogens with zero attached hydrogens (tertiary/aromatic N) is 2. The molecule has 8 nitrogen and oxygen atoms in total.